The van der Waals surface area contributed by atoms with Gasteiger partial charge in [-0.25, -0.2) is 4.98 Å². The van der Waals surface area contributed by atoms with Crippen LogP contribution in [-0.4, -0.2) is 56.3 Å². The van der Waals surface area contributed by atoms with Gasteiger partial charge in [0, 0.05) is 26.2 Å². The quantitative estimate of drug-likeness (QED) is 0.390. The molecule has 8 nitrogen and oxygen atoms in total. The Balaban J connectivity index is 1.71. The Labute approximate surface area is 193 Å². The van der Waals surface area contributed by atoms with Crippen LogP contribution in [0.2, 0.25) is 5.02 Å². The van der Waals surface area contributed by atoms with Crippen molar-refractivity contribution in [2.45, 2.75) is 18.6 Å². The molecule has 0 aliphatic rings. The van der Waals surface area contributed by atoms with E-state index in [1.54, 1.807) is 33.2 Å². The average Bonchev–Trinajstić information content (AvgIpc) is 3.29. The molecule has 0 bridgehead atoms. The lowest BCUT2D eigenvalue weighted by molar-refractivity contribution is -0.113. The van der Waals surface area contributed by atoms with Crippen molar-refractivity contribution in [1.29, 1.82) is 0 Å². The maximum absolute atomic E-state index is 12.5. The maximum Gasteiger partial charge on any atom is 0.265 e. The number of benzene rings is 1. The maximum atomic E-state index is 12.5. The zero-order valence-corrected chi connectivity index (χ0v) is 19.6. The van der Waals surface area contributed by atoms with Crippen LogP contribution < -0.4 is 5.32 Å². The van der Waals surface area contributed by atoms with Gasteiger partial charge in [0.15, 0.2) is 16.1 Å². The second kappa shape index (κ2) is 10.1. The van der Waals surface area contributed by atoms with E-state index >= 15 is 0 Å². The molecular formula is C20H21ClN6O2S2. The Hall–Kier alpha value is -2.69. The van der Waals surface area contributed by atoms with Crippen molar-refractivity contribution in [2.75, 3.05) is 25.2 Å². The number of rotatable bonds is 8. The van der Waals surface area contributed by atoms with Gasteiger partial charge >= 0.3 is 0 Å². The fourth-order valence-electron chi connectivity index (χ4n) is 2.67. The van der Waals surface area contributed by atoms with Crippen LogP contribution in [0.15, 0.2) is 42.1 Å². The van der Waals surface area contributed by atoms with Crippen molar-refractivity contribution in [3.05, 3.63) is 52.5 Å². The second-order valence-corrected chi connectivity index (χ2v) is 9.00. The third-order valence-corrected chi connectivity index (χ3v) is 6.48. The van der Waals surface area contributed by atoms with Crippen LogP contribution in [0, 0.1) is 6.92 Å². The summed E-state index contributed by atoms with van der Waals surface area (Å²) in [6.07, 6.45) is 1.73. The highest BCUT2D eigenvalue weighted by Gasteiger charge is 2.19. The van der Waals surface area contributed by atoms with Gasteiger partial charge in [-0.2, -0.15) is 0 Å². The first-order valence-electron chi connectivity index (χ1n) is 9.22. The molecule has 2 heterocycles. The summed E-state index contributed by atoms with van der Waals surface area (Å²) in [5, 5.41) is 12.7. The molecule has 0 saturated heterocycles. The summed E-state index contributed by atoms with van der Waals surface area (Å²) in [6, 6.07) is 7.37. The van der Waals surface area contributed by atoms with Crippen molar-refractivity contribution in [2.24, 2.45) is 0 Å². The zero-order valence-electron chi connectivity index (χ0n) is 17.3. The van der Waals surface area contributed by atoms with Gasteiger partial charge in [0.05, 0.1) is 16.5 Å². The first-order valence-corrected chi connectivity index (χ1v) is 11.4. The number of thioether (sulfide) groups is 1. The monoisotopic (exact) mass is 476 g/mol. The molecule has 2 aromatic heterocycles. The first-order chi connectivity index (χ1) is 14.8. The molecule has 3 aromatic rings. The Morgan fingerprint density at radius 3 is 2.74 bits per heavy atom. The van der Waals surface area contributed by atoms with E-state index in [0.29, 0.717) is 38.3 Å². The predicted molar refractivity (Wildman–Crippen MR) is 125 cm³/mol. The van der Waals surface area contributed by atoms with Crippen molar-refractivity contribution in [1.82, 2.24) is 24.6 Å². The number of halogens is 1. The molecule has 162 valence electrons. The summed E-state index contributed by atoms with van der Waals surface area (Å²) >= 11 is 8.71. The number of amides is 2. The lowest BCUT2D eigenvalue weighted by Crippen LogP contribution is -2.21. The SMILES string of the molecule is C=CCn1c(SCC(=O)Nc2nc(C)c(C(=O)N(C)C)s2)nnc1-c1ccccc1Cl. The number of nitrogens with one attached hydrogen (secondary N) is 1. The normalized spacial score (nSPS) is 10.7. The predicted octanol–water partition coefficient (Wildman–Crippen LogP) is 3.98. The van der Waals surface area contributed by atoms with E-state index in [1.807, 2.05) is 22.8 Å². The highest BCUT2D eigenvalue weighted by Crippen LogP contribution is 2.29. The van der Waals surface area contributed by atoms with Crippen LogP contribution in [0.3, 0.4) is 0 Å². The van der Waals surface area contributed by atoms with Crippen molar-refractivity contribution >= 4 is 51.6 Å². The van der Waals surface area contributed by atoms with Gasteiger partial charge in [-0.05, 0) is 19.1 Å². The molecule has 1 aromatic carbocycles. The topological polar surface area (TPSA) is 93.0 Å². The summed E-state index contributed by atoms with van der Waals surface area (Å²) in [5.41, 5.74) is 1.34. The lowest BCUT2D eigenvalue weighted by atomic mass is 10.2. The number of hydrogen-bond acceptors (Lipinski definition) is 7. The molecule has 1 N–H and O–H groups in total. The van der Waals surface area contributed by atoms with Crippen molar-refractivity contribution < 1.29 is 9.59 Å². The van der Waals surface area contributed by atoms with Gasteiger partial charge in [-0.15, -0.1) is 16.8 Å². The Bertz CT molecular complexity index is 1120. The molecular weight excluding hydrogens is 456 g/mol. The zero-order chi connectivity index (χ0) is 22.5. The van der Waals surface area contributed by atoms with Gasteiger partial charge in [-0.3, -0.25) is 14.2 Å². The van der Waals surface area contributed by atoms with E-state index in [0.717, 1.165) is 16.9 Å². The van der Waals surface area contributed by atoms with Crippen LogP contribution in [0.4, 0.5) is 5.13 Å². The van der Waals surface area contributed by atoms with E-state index in [1.165, 1.54) is 16.7 Å². The van der Waals surface area contributed by atoms with E-state index in [-0.39, 0.29) is 17.6 Å². The first kappa shape index (κ1) is 23.0. The average molecular weight is 477 g/mol. The third kappa shape index (κ3) is 5.33. The minimum absolute atomic E-state index is 0.105. The largest absolute Gasteiger partial charge is 0.344 e. The Morgan fingerprint density at radius 1 is 1.32 bits per heavy atom. The lowest BCUT2D eigenvalue weighted by Gasteiger charge is -2.08. The molecule has 11 heteroatoms. The second-order valence-electron chi connectivity index (χ2n) is 6.66. The number of carbonyl (C=O) groups excluding carboxylic acids is 2. The van der Waals surface area contributed by atoms with Gasteiger partial charge in [0.1, 0.15) is 4.88 Å². The van der Waals surface area contributed by atoms with E-state index < -0.39 is 0 Å². The van der Waals surface area contributed by atoms with Crippen LogP contribution in [0.25, 0.3) is 11.4 Å². The minimum Gasteiger partial charge on any atom is -0.344 e. The summed E-state index contributed by atoms with van der Waals surface area (Å²) in [7, 11) is 3.35. The summed E-state index contributed by atoms with van der Waals surface area (Å²) in [5.74, 6) is 0.313. The highest BCUT2D eigenvalue weighted by atomic mass is 35.5. The molecule has 0 unspecified atom stereocenters. The molecule has 31 heavy (non-hydrogen) atoms. The van der Waals surface area contributed by atoms with Gasteiger partial charge in [-0.1, -0.05) is 52.9 Å². The van der Waals surface area contributed by atoms with Gasteiger partial charge in [0.2, 0.25) is 5.91 Å². The van der Waals surface area contributed by atoms with Crippen LogP contribution in [0.5, 0.6) is 0 Å². The molecule has 0 spiro atoms. The highest BCUT2D eigenvalue weighted by molar-refractivity contribution is 7.99. The van der Waals surface area contributed by atoms with E-state index in [4.69, 9.17) is 11.6 Å². The Kier molecular flexibility index (Phi) is 7.47. The van der Waals surface area contributed by atoms with Crippen molar-refractivity contribution in [3.8, 4) is 11.4 Å². The van der Waals surface area contributed by atoms with Crippen LogP contribution in [-0.2, 0) is 11.3 Å². The van der Waals surface area contributed by atoms with Gasteiger partial charge in [0.25, 0.3) is 5.91 Å². The number of anilines is 1. The van der Waals surface area contributed by atoms with E-state index in [2.05, 4.69) is 27.1 Å². The molecule has 0 saturated carbocycles. The molecule has 0 aliphatic heterocycles. The van der Waals surface area contributed by atoms with E-state index in [9.17, 15) is 9.59 Å². The third-order valence-electron chi connectivity index (χ3n) is 4.12. The van der Waals surface area contributed by atoms with Crippen molar-refractivity contribution in [3.63, 3.8) is 0 Å². The number of aromatic nitrogens is 4. The molecule has 0 aliphatic carbocycles. The van der Waals surface area contributed by atoms with Crippen LogP contribution >= 0.6 is 34.7 Å². The molecule has 0 fully saturated rings. The number of allylic oxidation sites excluding steroid dienone is 1. The summed E-state index contributed by atoms with van der Waals surface area (Å²) < 4.78 is 1.85. The molecule has 2 amide bonds. The number of hydrogen-bond donors (Lipinski definition) is 1. The summed E-state index contributed by atoms with van der Waals surface area (Å²) in [6.45, 7) is 6.00. The molecule has 0 atom stereocenters. The minimum atomic E-state index is -0.255. The molecule has 0 radical (unpaired) electrons. The smallest absolute Gasteiger partial charge is 0.265 e. The number of carbonyl (C=O) groups is 2. The summed E-state index contributed by atoms with van der Waals surface area (Å²) in [4.78, 5) is 30.9. The Morgan fingerprint density at radius 2 is 2.06 bits per heavy atom. The number of nitrogens with zero attached hydrogens (tertiary/aromatic N) is 5. The standard InChI is InChI=1S/C20H21ClN6O2S2/c1-5-10-27-17(13-8-6-7-9-14(13)21)24-25-20(27)30-11-15(28)23-19-22-12(2)16(31-19)18(29)26(3)4/h5-9H,1,10-11H2,2-4H3,(H,22,23,28). The number of thiazole rings is 1. The molecule has 3 rings (SSSR count). The fourth-order valence-corrected chi connectivity index (χ4v) is 4.64. The van der Waals surface area contributed by atoms with Crippen LogP contribution in [0.1, 0.15) is 15.4 Å². The number of aryl methyl sites for hydroxylation is 1. The van der Waals surface area contributed by atoms with Gasteiger partial charge < -0.3 is 10.2 Å². The fraction of sp³-hybridized carbons (Fsp3) is 0.250.